The molecule has 2 aromatic carbocycles. The third-order valence-corrected chi connectivity index (χ3v) is 6.61. The van der Waals surface area contributed by atoms with E-state index < -0.39 is 6.04 Å². The second-order valence-electron chi connectivity index (χ2n) is 9.01. The van der Waals surface area contributed by atoms with Crippen molar-refractivity contribution in [1.82, 2.24) is 10.2 Å². The number of aryl methyl sites for hydroxylation is 1. The Morgan fingerprint density at radius 1 is 1.03 bits per heavy atom. The number of fused-ring (bicyclic) bond motifs is 1. The van der Waals surface area contributed by atoms with Gasteiger partial charge in [-0.15, -0.1) is 0 Å². The number of ether oxygens (including phenoxy) is 3. The highest BCUT2D eigenvalue weighted by atomic mass is 16.6. The summed E-state index contributed by atoms with van der Waals surface area (Å²) in [5.74, 6) is 2.07. The Hall–Kier alpha value is -3.22. The number of carbonyl (C=O) groups is 2. The maximum Gasteiger partial charge on any atom is 0.242 e. The van der Waals surface area contributed by atoms with Crippen molar-refractivity contribution in [2.24, 2.45) is 0 Å². The van der Waals surface area contributed by atoms with Crippen molar-refractivity contribution in [3.63, 3.8) is 0 Å². The average molecular weight is 467 g/mol. The fraction of sp³-hybridized carbons (Fsp3) is 0.481. The molecule has 34 heavy (non-hydrogen) atoms. The van der Waals surface area contributed by atoms with Crippen LogP contribution in [0.4, 0.5) is 0 Å². The summed E-state index contributed by atoms with van der Waals surface area (Å²) in [6, 6.07) is 13.1. The number of carbonyl (C=O) groups excluding carboxylic acids is 2. The molecule has 1 atom stereocenters. The Kier molecular flexibility index (Phi) is 7.93. The lowest BCUT2D eigenvalue weighted by Gasteiger charge is -2.30. The number of nitrogens with zero attached hydrogens (tertiary/aromatic N) is 1. The molecule has 2 amide bonds. The summed E-state index contributed by atoms with van der Waals surface area (Å²) in [4.78, 5) is 28.1. The van der Waals surface area contributed by atoms with Crippen molar-refractivity contribution in [2.45, 2.75) is 64.1 Å². The Morgan fingerprint density at radius 3 is 2.41 bits per heavy atom. The van der Waals surface area contributed by atoms with Crippen molar-refractivity contribution in [3.8, 4) is 17.2 Å². The number of methoxy groups -OCH3 is 1. The molecular weight excluding hydrogens is 432 g/mol. The molecule has 7 nitrogen and oxygen atoms in total. The van der Waals surface area contributed by atoms with Crippen LogP contribution >= 0.6 is 0 Å². The minimum Gasteiger partial charge on any atom is -0.497 e. The van der Waals surface area contributed by atoms with Crippen LogP contribution in [0.1, 0.15) is 50.2 Å². The smallest absolute Gasteiger partial charge is 0.242 e. The minimum absolute atomic E-state index is 0.0558. The van der Waals surface area contributed by atoms with E-state index >= 15 is 0 Å². The Morgan fingerprint density at radius 2 is 1.71 bits per heavy atom. The van der Waals surface area contributed by atoms with E-state index in [0.29, 0.717) is 32.6 Å². The number of rotatable bonds is 9. The Balaban J connectivity index is 1.44. The SMILES string of the molecule is COc1ccc(CN(C(=O)CCc2ccc3c(c2)OCCO3)[C@@H](C)C(=O)NC2CCCC2)cc1. The second kappa shape index (κ2) is 11.3. The third-order valence-electron chi connectivity index (χ3n) is 6.61. The van der Waals surface area contributed by atoms with Crippen LogP contribution in [0.3, 0.4) is 0 Å². The largest absolute Gasteiger partial charge is 0.497 e. The van der Waals surface area contributed by atoms with Crippen molar-refractivity contribution < 1.29 is 23.8 Å². The normalized spacial score (nSPS) is 16.1. The topological polar surface area (TPSA) is 77.1 Å². The van der Waals surface area contributed by atoms with Crippen molar-refractivity contribution in [1.29, 1.82) is 0 Å². The summed E-state index contributed by atoms with van der Waals surface area (Å²) in [6.07, 6.45) is 5.17. The van der Waals surface area contributed by atoms with Gasteiger partial charge in [-0.3, -0.25) is 9.59 Å². The molecule has 2 aliphatic rings. The lowest BCUT2D eigenvalue weighted by molar-refractivity contribution is -0.140. The molecule has 182 valence electrons. The highest BCUT2D eigenvalue weighted by molar-refractivity contribution is 5.87. The second-order valence-corrected chi connectivity index (χ2v) is 9.01. The number of hydrogen-bond donors (Lipinski definition) is 1. The van der Waals surface area contributed by atoms with E-state index in [0.717, 1.165) is 54.1 Å². The zero-order chi connectivity index (χ0) is 23.9. The average Bonchev–Trinajstić information content (AvgIpc) is 3.38. The molecule has 0 aromatic heterocycles. The van der Waals surface area contributed by atoms with Gasteiger partial charge in [-0.1, -0.05) is 31.0 Å². The van der Waals surface area contributed by atoms with Crippen LogP contribution in [-0.4, -0.2) is 49.1 Å². The van der Waals surface area contributed by atoms with Crippen LogP contribution in [0.2, 0.25) is 0 Å². The lowest BCUT2D eigenvalue weighted by Crippen LogP contribution is -2.49. The molecule has 1 aliphatic carbocycles. The van der Waals surface area contributed by atoms with Crippen LogP contribution in [0, 0.1) is 0 Å². The Bertz CT molecular complexity index is 985. The van der Waals surface area contributed by atoms with Crippen LogP contribution in [0.5, 0.6) is 17.2 Å². The first kappa shape index (κ1) is 23.9. The number of nitrogens with one attached hydrogen (secondary N) is 1. The molecule has 0 radical (unpaired) electrons. The van der Waals surface area contributed by atoms with E-state index in [1.165, 1.54) is 0 Å². The molecule has 1 N–H and O–H groups in total. The standard InChI is InChI=1S/C27H34N2O5/c1-19(27(31)28-22-5-3-4-6-22)29(18-21-7-11-23(32-2)12-8-21)26(30)14-10-20-9-13-24-25(17-20)34-16-15-33-24/h7-9,11-13,17,19,22H,3-6,10,14-16,18H2,1-2H3,(H,28,31)/t19-/m0/s1. The minimum atomic E-state index is -0.560. The van der Waals surface area contributed by atoms with Gasteiger partial charge < -0.3 is 24.4 Å². The van der Waals surface area contributed by atoms with Gasteiger partial charge in [0.15, 0.2) is 11.5 Å². The van der Waals surface area contributed by atoms with Crippen LogP contribution in [-0.2, 0) is 22.6 Å². The van der Waals surface area contributed by atoms with Gasteiger partial charge in [-0.25, -0.2) is 0 Å². The van der Waals surface area contributed by atoms with Crippen LogP contribution in [0.15, 0.2) is 42.5 Å². The fourth-order valence-corrected chi connectivity index (χ4v) is 4.54. The summed E-state index contributed by atoms with van der Waals surface area (Å²) in [6.45, 7) is 3.25. The lowest BCUT2D eigenvalue weighted by atomic mass is 10.1. The first-order valence-corrected chi connectivity index (χ1v) is 12.1. The summed E-state index contributed by atoms with van der Waals surface area (Å²) < 4.78 is 16.5. The first-order valence-electron chi connectivity index (χ1n) is 12.1. The fourth-order valence-electron chi connectivity index (χ4n) is 4.54. The van der Waals surface area contributed by atoms with Crippen molar-refractivity contribution >= 4 is 11.8 Å². The maximum atomic E-state index is 13.4. The molecule has 1 saturated carbocycles. The van der Waals surface area contributed by atoms with Gasteiger partial charge in [0.2, 0.25) is 11.8 Å². The molecule has 1 aliphatic heterocycles. The first-order chi connectivity index (χ1) is 16.5. The van der Waals surface area contributed by atoms with E-state index in [4.69, 9.17) is 14.2 Å². The molecule has 0 unspecified atom stereocenters. The Labute approximate surface area is 201 Å². The van der Waals surface area contributed by atoms with Crippen molar-refractivity contribution in [3.05, 3.63) is 53.6 Å². The van der Waals surface area contributed by atoms with Gasteiger partial charge in [0.05, 0.1) is 7.11 Å². The third kappa shape index (κ3) is 6.01. The highest BCUT2D eigenvalue weighted by Gasteiger charge is 2.28. The zero-order valence-electron chi connectivity index (χ0n) is 20.0. The van der Waals surface area contributed by atoms with Crippen LogP contribution in [0.25, 0.3) is 0 Å². The number of hydrogen-bond acceptors (Lipinski definition) is 5. The molecule has 7 heteroatoms. The predicted molar refractivity (Wildman–Crippen MR) is 129 cm³/mol. The van der Waals surface area contributed by atoms with E-state index in [9.17, 15) is 9.59 Å². The number of amides is 2. The quantitative estimate of drug-likeness (QED) is 0.607. The van der Waals surface area contributed by atoms with E-state index in [-0.39, 0.29) is 17.9 Å². The van der Waals surface area contributed by atoms with Crippen LogP contribution < -0.4 is 19.5 Å². The summed E-state index contributed by atoms with van der Waals surface area (Å²) in [7, 11) is 1.62. The monoisotopic (exact) mass is 466 g/mol. The van der Waals surface area contributed by atoms with E-state index in [1.807, 2.05) is 49.4 Å². The summed E-state index contributed by atoms with van der Waals surface area (Å²) in [5, 5.41) is 3.14. The van der Waals surface area contributed by atoms with E-state index in [2.05, 4.69) is 5.32 Å². The van der Waals surface area contributed by atoms with Gasteiger partial charge in [0.1, 0.15) is 25.0 Å². The highest BCUT2D eigenvalue weighted by Crippen LogP contribution is 2.31. The van der Waals surface area contributed by atoms with Gasteiger partial charge in [-0.05, 0) is 61.6 Å². The van der Waals surface area contributed by atoms with Gasteiger partial charge in [0.25, 0.3) is 0 Å². The molecule has 2 aromatic rings. The summed E-state index contributed by atoms with van der Waals surface area (Å²) in [5.41, 5.74) is 1.96. The zero-order valence-corrected chi connectivity index (χ0v) is 20.0. The molecule has 4 rings (SSSR count). The molecule has 1 fully saturated rings. The molecule has 0 spiro atoms. The van der Waals surface area contributed by atoms with Gasteiger partial charge in [0, 0.05) is 19.0 Å². The maximum absolute atomic E-state index is 13.4. The van der Waals surface area contributed by atoms with Crippen molar-refractivity contribution in [2.75, 3.05) is 20.3 Å². The summed E-state index contributed by atoms with van der Waals surface area (Å²) >= 11 is 0. The van der Waals surface area contributed by atoms with Gasteiger partial charge >= 0.3 is 0 Å². The van der Waals surface area contributed by atoms with Gasteiger partial charge in [-0.2, -0.15) is 0 Å². The number of benzene rings is 2. The molecule has 0 bridgehead atoms. The predicted octanol–water partition coefficient (Wildman–Crippen LogP) is 3.88. The van der Waals surface area contributed by atoms with E-state index in [1.54, 1.807) is 12.0 Å². The molecule has 0 saturated heterocycles. The molecule has 1 heterocycles. The molecular formula is C27H34N2O5.